The zero-order valence-corrected chi connectivity index (χ0v) is 13.2. The number of hydrogen-bond donors (Lipinski definition) is 1. The summed E-state index contributed by atoms with van der Waals surface area (Å²) >= 11 is 5.85. The van der Waals surface area contributed by atoms with Crippen LogP contribution in [0.1, 0.15) is 11.1 Å². The van der Waals surface area contributed by atoms with Crippen molar-refractivity contribution in [2.45, 2.75) is 19.1 Å². The summed E-state index contributed by atoms with van der Waals surface area (Å²) in [6, 6.07) is 8.59. The Morgan fingerprint density at radius 2 is 1.96 bits per heavy atom. The highest BCUT2D eigenvalue weighted by molar-refractivity contribution is 6.30. The first-order chi connectivity index (χ1) is 11.3. The van der Waals surface area contributed by atoms with E-state index in [-0.39, 0.29) is 6.54 Å². The van der Waals surface area contributed by atoms with E-state index in [4.69, 9.17) is 11.6 Å². The first-order valence-corrected chi connectivity index (χ1v) is 7.42. The summed E-state index contributed by atoms with van der Waals surface area (Å²) in [7, 11) is 0. The van der Waals surface area contributed by atoms with Gasteiger partial charge < -0.3 is 9.88 Å². The predicted octanol–water partition coefficient (Wildman–Crippen LogP) is 2.88. The first-order valence-electron chi connectivity index (χ1n) is 7.04. The summed E-state index contributed by atoms with van der Waals surface area (Å²) in [6.45, 7) is -0.189. The number of rotatable bonds is 5. The fourth-order valence-corrected chi connectivity index (χ4v) is 2.28. The van der Waals surface area contributed by atoms with E-state index in [1.807, 2.05) is 6.07 Å². The van der Waals surface area contributed by atoms with Crippen molar-refractivity contribution in [2.75, 3.05) is 6.54 Å². The Balaban J connectivity index is 1.94. The van der Waals surface area contributed by atoms with Crippen molar-refractivity contribution < 1.29 is 18.0 Å². The number of amides is 1. The first kappa shape index (κ1) is 18.1. The number of alkyl halides is 3. The summed E-state index contributed by atoms with van der Waals surface area (Å²) in [5, 5.41) is 3.14. The maximum Gasteiger partial charge on any atom is 0.417 e. The highest BCUT2D eigenvalue weighted by Crippen LogP contribution is 2.27. The number of carbonyl (C=O) groups is 1. The van der Waals surface area contributed by atoms with Gasteiger partial charge in [0.25, 0.3) is 5.56 Å². The molecule has 1 aromatic carbocycles. The van der Waals surface area contributed by atoms with Gasteiger partial charge in [0.15, 0.2) is 0 Å². The topological polar surface area (TPSA) is 51.1 Å². The SMILES string of the molecule is O=C(Cn1cc(C(F)(F)F)ccc1=O)NCCc1cccc(Cl)c1. The number of nitrogens with one attached hydrogen (secondary N) is 1. The van der Waals surface area contributed by atoms with Gasteiger partial charge in [-0.15, -0.1) is 0 Å². The summed E-state index contributed by atoms with van der Waals surface area (Å²) in [5.41, 5.74) is -0.735. The molecular weight excluding hydrogens is 345 g/mol. The minimum Gasteiger partial charge on any atom is -0.354 e. The Bertz CT molecular complexity index is 787. The van der Waals surface area contributed by atoms with E-state index in [2.05, 4.69) is 5.32 Å². The fourth-order valence-electron chi connectivity index (χ4n) is 2.07. The standard InChI is InChI=1S/C16H14ClF3N2O2/c17-13-3-1-2-11(8-13)6-7-21-14(23)10-22-9-12(16(18,19)20)4-5-15(22)24/h1-5,8-9H,6-7,10H2,(H,21,23). The van der Waals surface area contributed by atoms with E-state index in [0.29, 0.717) is 23.7 Å². The zero-order valence-electron chi connectivity index (χ0n) is 12.4. The molecule has 8 heteroatoms. The largest absolute Gasteiger partial charge is 0.417 e. The second-order valence-corrected chi connectivity index (χ2v) is 5.55. The maximum absolute atomic E-state index is 12.6. The van der Waals surface area contributed by atoms with Gasteiger partial charge in [0.2, 0.25) is 5.91 Å². The molecule has 0 fully saturated rings. The molecule has 0 radical (unpaired) electrons. The highest BCUT2D eigenvalue weighted by atomic mass is 35.5. The number of benzene rings is 1. The van der Waals surface area contributed by atoms with Crippen molar-refractivity contribution in [1.29, 1.82) is 0 Å². The highest BCUT2D eigenvalue weighted by Gasteiger charge is 2.31. The summed E-state index contributed by atoms with van der Waals surface area (Å²) in [6.07, 6.45) is -3.42. The third-order valence-electron chi connectivity index (χ3n) is 3.25. The minimum atomic E-state index is -4.57. The van der Waals surface area contributed by atoms with Crippen LogP contribution < -0.4 is 10.9 Å². The van der Waals surface area contributed by atoms with Gasteiger partial charge in [-0.2, -0.15) is 13.2 Å². The van der Waals surface area contributed by atoms with Crippen LogP contribution in [-0.4, -0.2) is 17.0 Å². The van der Waals surface area contributed by atoms with Gasteiger partial charge in [-0.3, -0.25) is 9.59 Å². The smallest absolute Gasteiger partial charge is 0.354 e. The summed E-state index contributed by atoms with van der Waals surface area (Å²) in [4.78, 5) is 23.4. The van der Waals surface area contributed by atoms with Crippen LogP contribution in [0.5, 0.6) is 0 Å². The molecule has 0 spiro atoms. The van der Waals surface area contributed by atoms with Gasteiger partial charge in [0.05, 0.1) is 5.56 Å². The molecule has 24 heavy (non-hydrogen) atoms. The molecule has 1 N–H and O–H groups in total. The molecule has 1 aromatic heterocycles. The van der Waals surface area contributed by atoms with E-state index < -0.39 is 29.8 Å². The van der Waals surface area contributed by atoms with E-state index in [9.17, 15) is 22.8 Å². The van der Waals surface area contributed by atoms with Gasteiger partial charge in [-0.05, 0) is 30.2 Å². The molecule has 0 aliphatic heterocycles. The Kier molecular flexibility index (Phi) is 5.66. The lowest BCUT2D eigenvalue weighted by Crippen LogP contribution is -2.33. The predicted molar refractivity (Wildman–Crippen MR) is 83.9 cm³/mol. The molecule has 0 atom stereocenters. The number of halogens is 4. The molecule has 0 bridgehead atoms. The zero-order chi connectivity index (χ0) is 17.7. The second-order valence-electron chi connectivity index (χ2n) is 5.11. The van der Waals surface area contributed by atoms with Crippen molar-refractivity contribution in [3.63, 3.8) is 0 Å². The third-order valence-corrected chi connectivity index (χ3v) is 3.48. The Hall–Kier alpha value is -2.28. The van der Waals surface area contributed by atoms with Crippen LogP contribution >= 0.6 is 11.6 Å². The van der Waals surface area contributed by atoms with Gasteiger partial charge >= 0.3 is 6.18 Å². The lowest BCUT2D eigenvalue weighted by atomic mass is 10.1. The van der Waals surface area contributed by atoms with E-state index in [1.54, 1.807) is 18.2 Å². The van der Waals surface area contributed by atoms with E-state index in [0.717, 1.165) is 16.2 Å². The van der Waals surface area contributed by atoms with Crippen LogP contribution in [0.15, 0.2) is 47.4 Å². The lowest BCUT2D eigenvalue weighted by molar-refractivity contribution is -0.138. The molecule has 128 valence electrons. The van der Waals surface area contributed by atoms with E-state index in [1.165, 1.54) is 0 Å². The molecule has 0 aliphatic rings. The Labute approximate surface area is 140 Å². The monoisotopic (exact) mass is 358 g/mol. The van der Waals surface area contributed by atoms with Crippen molar-refractivity contribution >= 4 is 17.5 Å². The normalized spacial score (nSPS) is 11.3. The van der Waals surface area contributed by atoms with Crippen LogP contribution in [0.2, 0.25) is 5.02 Å². The van der Waals surface area contributed by atoms with Crippen molar-refractivity contribution in [2.24, 2.45) is 0 Å². The van der Waals surface area contributed by atoms with Gasteiger partial charge in [-0.1, -0.05) is 23.7 Å². The lowest BCUT2D eigenvalue weighted by Gasteiger charge is -2.11. The number of carbonyl (C=O) groups excluding carboxylic acids is 1. The quantitative estimate of drug-likeness (QED) is 0.893. The fraction of sp³-hybridized carbons (Fsp3) is 0.250. The van der Waals surface area contributed by atoms with E-state index >= 15 is 0 Å². The number of hydrogen-bond acceptors (Lipinski definition) is 2. The molecule has 1 heterocycles. The second kappa shape index (κ2) is 7.53. The number of nitrogens with zero attached hydrogens (tertiary/aromatic N) is 1. The maximum atomic E-state index is 12.6. The van der Waals surface area contributed by atoms with Crippen molar-refractivity contribution in [3.05, 3.63) is 69.1 Å². The number of pyridine rings is 1. The Morgan fingerprint density at radius 3 is 2.62 bits per heavy atom. The molecule has 4 nitrogen and oxygen atoms in total. The summed E-state index contributed by atoms with van der Waals surface area (Å²) < 4.78 is 38.6. The third kappa shape index (κ3) is 5.13. The van der Waals surface area contributed by atoms with Crippen molar-refractivity contribution in [3.8, 4) is 0 Å². The Morgan fingerprint density at radius 1 is 1.21 bits per heavy atom. The molecule has 0 saturated heterocycles. The molecular formula is C16H14ClF3N2O2. The molecule has 2 aromatic rings. The van der Waals surface area contributed by atoms with Crippen LogP contribution in [-0.2, 0) is 23.9 Å². The molecule has 0 saturated carbocycles. The van der Waals surface area contributed by atoms with Gasteiger partial charge in [0, 0.05) is 23.8 Å². The minimum absolute atomic E-state index is 0.285. The van der Waals surface area contributed by atoms with Crippen LogP contribution in [0, 0.1) is 0 Å². The molecule has 1 amide bonds. The average molecular weight is 359 g/mol. The molecule has 0 aliphatic carbocycles. The molecule has 0 unspecified atom stereocenters. The molecule has 2 rings (SSSR count). The van der Waals surface area contributed by atoms with Crippen LogP contribution in [0.3, 0.4) is 0 Å². The van der Waals surface area contributed by atoms with Gasteiger partial charge in [0.1, 0.15) is 6.54 Å². The summed E-state index contributed by atoms with van der Waals surface area (Å²) in [5.74, 6) is -0.543. The van der Waals surface area contributed by atoms with Crippen LogP contribution in [0.25, 0.3) is 0 Å². The van der Waals surface area contributed by atoms with Crippen LogP contribution in [0.4, 0.5) is 13.2 Å². The van der Waals surface area contributed by atoms with Gasteiger partial charge in [-0.25, -0.2) is 0 Å². The number of aromatic nitrogens is 1. The van der Waals surface area contributed by atoms with Crippen molar-refractivity contribution in [1.82, 2.24) is 9.88 Å². The average Bonchev–Trinajstić information content (AvgIpc) is 2.48.